The molecule has 4 nitrogen and oxygen atoms in total. The number of hydrogen-bond donors (Lipinski definition) is 1. The molecule has 0 aromatic carbocycles. The summed E-state index contributed by atoms with van der Waals surface area (Å²) in [5, 5.41) is 8.71. The highest BCUT2D eigenvalue weighted by atomic mass is 16.2. The van der Waals surface area contributed by atoms with Crippen molar-refractivity contribution in [3.63, 3.8) is 0 Å². The van der Waals surface area contributed by atoms with Crippen LogP contribution in [0.4, 0.5) is 0 Å². The summed E-state index contributed by atoms with van der Waals surface area (Å²) in [7, 11) is 0. The summed E-state index contributed by atoms with van der Waals surface area (Å²) in [6.45, 7) is 2.75. The molecule has 0 radical (unpaired) electrons. The third-order valence-corrected chi connectivity index (χ3v) is 3.66. The number of rotatable bonds is 2. The van der Waals surface area contributed by atoms with Crippen LogP contribution in [0.1, 0.15) is 48.5 Å². The number of aliphatic hydroxyl groups excluding tert-OH is 1. The molecule has 1 amide bonds. The predicted octanol–water partition coefficient (Wildman–Crippen LogP) is 1.83. The molecular weight excluding hydrogens is 252 g/mol. The zero-order chi connectivity index (χ0) is 14.4. The monoisotopic (exact) mass is 272 g/mol. The first kappa shape index (κ1) is 14.5. The molecule has 106 valence electrons. The molecule has 0 aliphatic carbocycles. The minimum atomic E-state index is -0.192. The quantitative estimate of drug-likeness (QED) is 0.836. The van der Waals surface area contributed by atoms with Crippen LogP contribution in [0.15, 0.2) is 18.5 Å². The van der Waals surface area contributed by atoms with Crippen LogP contribution in [-0.4, -0.2) is 40.1 Å². The van der Waals surface area contributed by atoms with E-state index in [2.05, 4.69) is 23.7 Å². The van der Waals surface area contributed by atoms with Gasteiger partial charge >= 0.3 is 0 Å². The highest BCUT2D eigenvalue weighted by Crippen LogP contribution is 2.21. The second-order valence-electron chi connectivity index (χ2n) is 4.98. The van der Waals surface area contributed by atoms with E-state index < -0.39 is 0 Å². The van der Waals surface area contributed by atoms with Crippen LogP contribution < -0.4 is 0 Å². The molecule has 1 saturated heterocycles. The van der Waals surface area contributed by atoms with Gasteiger partial charge in [-0.05, 0) is 31.7 Å². The maximum atomic E-state index is 12.6. The molecule has 0 saturated carbocycles. The number of amides is 1. The second-order valence-corrected chi connectivity index (χ2v) is 4.98. The molecule has 0 bridgehead atoms. The Morgan fingerprint density at radius 1 is 1.50 bits per heavy atom. The summed E-state index contributed by atoms with van der Waals surface area (Å²) in [6, 6.07) is 2.09. The van der Waals surface area contributed by atoms with Gasteiger partial charge in [-0.15, -0.1) is 0 Å². The number of hydrogen-bond acceptors (Lipinski definition) is 3. The van der Waals surface area contributed by atoms with E-state index in [0.717, 1.165) is 25.8 Å². The molecule has 1 aliphatic rings. The van der Waals surface area contributed by atoms with Gasteiger partial charge in [0.15, 0.2) is 0 Å². The molecule has 1 unspecified atom stereocenters. The first-order chi connectivity index (χ1) is 9.76. The van der Waals surface area contributed by atoms with Gasteiger partial charge < -0.3 is 10.0 Å². The average Bonchev–Trinajstić information content (AvgIpc) is 2.52. The summed E-state index contributed by atoms with van der Waals surface area (Å²) < 4.78 is 0. The topological polar surface area (TPSA) is 53.4 Å². The van der Waals surface area contributed by atoms with Crippen molar-refractivity contribution in [3.05, 3.63) is 29.6 Å². The lowest BCUT2D eigenvalue weighted by molar-refractivity contribution is 0.0607. The highest BCUT2D eigenvalue weighted by molar-refractivity contribution is 5.94. The van der Waals surface area contributed by atoms with Crippen molar-refractivity contribution in [3.8, 4) is 11.8 Å². The molecule has 1 fully saturated rings. The van der Waals surface area contributed by atoms with E-state index in [9.17, 15) is 4.79 Å². The Kier molecular flexibility index (Phi) is 5.14. The van der Waals surface area contributed by atoms with Crippen molar-refractivity contribution in [2.75, 3.05) is 13.2 Å². The highest BCUT2D eigenvalue weighted by Gasteiger charge is 2.26. The summed E-state index contributed by atoms with van der Waals surface area (Å²) >= 11 is 0. The molecule has 2 heterocycles. The lowest BCUT2D eigenvalue weighted by Crippen LogP contribution is -2.43. The number of aliphatic hydroxyl groups is 1. The number of piperidine rings is 1. The normalized spacial score (nSPS) is 18.3. The van der Waals surface area contributed by atoms with Crippen LogP contribution in [0.5, 0.6) is 0 Å². The Bertz CT molecular complexity index is 531. The largest absolute Gasteiger partial charge is 0.384 e. The van der Waals surface area contributed by atoms with Crippen molar-refractivity contribution in [2.24, 2.45) is 0 Å². The number of nitrogens with zero attached hydrogens (tertiary/aromatic N) is 2. The van der Waals surface area contributed by atoms with E-state index in [1.807, 2.05) is 4.90 Å². The van der Waals surface area contributed by atoms with Gasteiger partial charge in [-0.1, -0.05) is 18.8 Å². The van der Waals surface area contributed by atoms with Gasteiger partial charge in [0.1, 0.15) is 6.61 Å². The van der Waals surface area contributed by atoms with Crippen LogP contribution in [0.25, 0.3) is 0 Å². The van der Waals surface area contributed by atoms with Gasteiger partial charge in [0.05, 0.1) is 5.56 Å². The Balaban J connectivity index is 2.19. The van der Waals surface area contributed by atoms with Crippen molar-refractivity contribution in [1.82, 2.24) is 9.88 Å². The molecule has 1 N–H and O–H groups in total. The standard InChI is InChI=1S/C16H20N2O2/c1-2-15-7-3-4-8-18(15)16(20)14-10-13(6-5-9-19)11-17-12-14/h10-12,15,19H,2-4,7-9H2,1H3. The fraction of sp³-hybridized carbons (Fsp3) is 0.500. The van der Waals surface area contributed by atoms with Gasteiger partial charge in [-0.3, -0.25) is 9.78 Å². The molecule has 4 heteroatoms. The molecule has 1 aromatic heterocycles. The number of pyridine rings is 1. The van der Waals surface area contributed by atoms with E-state index in [1.54, 1.807) is 18.5 Å². The fourth-order valence-electron chi connectivity index (χ4n) is 2.63. The maximum Gasteiger partial charge on any atom is 0.255 e. The third kappa shape index (κ3) is 3.37. The maximum absolute atomic E-state index is 12.6. The molecule has 2 rings (SSSR count). The lowest BCUT2D eigenvalue weighted by Gasteiger charge is -2.35. The van der Waals surface area contributed by atoms with Crippen LogP contribution >= 0.6 is 0 Å². The molecule has 0 spiro atoms. The van der Waals surface area contributed by atoms with Gasteiger partial charge in [-0.25, -0.2) is 0 Å². The Morgan fingerprint density at radius 3 is 3.10 bits per heavy atom. The van der Waals surface area contributed by atoms with E-state index in [4.69, 9.17) is 5.11 Å². The molecule has 1 aromatic rings. The van der Waals surface area contributed by atoms with Gasteiger partial charge in [-0.2, -0.15) is 0 Å². The van der Waals surface area contributed by atoms with Crippen molar-refractivity contribution in [1.29, 1.82) is 0 Å². The first-order valence-electron chi connectivity index (χ1n) is 7.12. The zero-order valence-corrected chi connectivity index (χ0v) is 11.8. The summed E-state index contributed by atoms with van der Waals surface area (Å²) in [4.78, 5) is 18.6. The fourth-order valence-corrected chi connectivity index (χ4v) is 2.63. The van der Waals surface area contributed by atoms with Crippen LogP contribution in [0, 0.1) is 11.8 Å². The van der Waals surface area contributed by atoms with Crippen molar-refractivity contribution in [2.45, 2.75) is 38.6 Å². The zero-order valence-electron chi connectivity index (χ0n) is 11.8. The minimum Gasteiger partial charge on any atom is -0.384 e. The van der Waals surface area contributed by atoms with E-state index in [-0.39, 0.29) is 12.5 Å². The smallest absolute Gasteiger partial charge is 0.255 e. The average molecular weight is 272 g/mol. The first-order valence-corrected chi connectivity index (χ1v) is 7.12. The SMILES string of the molecule is CCC1CCCCN1C(=O)c1cncc(C#CCO)c1. The summed E-state index contributed by atoms with van der Waals surface area (Å²) in [5.41, 5.74) is 1.24. The third-order valence-electron chi connectivity index (χ3n) is 3.66. The number of carbonyl (C=O) groups excluding carboxylic acids is 1. The van der Waals surface area contributed by atoms with E-state index >= 15 is 0 Å². The Hall–Kier alpha value is -1.86. The van der Waals surface area contributed by atoms with Gasteiger partial charge in [0.25, 0.3) is 5.91 Å². The number of likely N-dealkylation sites (tertiary alicyclic amines) is 1. The molecule has 20 heavy (non-hydrogen) atoms. The lowest BCUT2D eigenvalue weighted by atomic mass is 9.99. The van der Waals surface area contributed by atoms with Gasteiger partial charge in [0.2, 0.25) is 0 Å². The van der Waals surface area contributed by atoms with E-state index in [0.29, 0.717) is 17.2 Å². The Morgan fingerprint density at radius 2 is 2.35 bits per heavy atom. The number of aromatic nitrogens is 1. The minimum absolute atomic E-state index is 0.0386. The van der Waals surface area contributed by atoms with Crippen LogP contribution in [0.3, 0.4) is 0 Å². The molecular formula is C16H20N2O2. The molecule has 1 aliphatic heterocycles. The van der Waals surface area contributed by atoms with Crippen molar-refractivity contribution < 1.29 is 9.90 Å². The molecule has 1 atom stereocenters. The van der Waals surface area contributed by atoms with E-state index in [1.165, 1.54) is 6.42 Å². The Labute approximate surface area is 119 Å². The summed E-state index contributed by atoms with van der Waals surface area (Å²) in [5.74, 6) is 5.39. The summed E-state index contributed by atoms with van der Waals surface area (Å²) in [6.07, 6.45) is 7.53. The van der Waals surface area contributed by atoms with Crippen LogP contribution in [-0.2, 0) is 0 Å². The number of carbonyl (C=O) groups is 1. The second kappa shape index (κ2) is 7.06. The van der Waals surface area contributed by atoms with Crippen LogP contribution in [0.2, 0.25) is 0 Å². The van der Waals surface area contributed by atoms with Gasteiger partial charge in [0, 0.05) is 30.5 Å². The van der Waals surface area contributed by atoms with Crippen molar-refractivity contribution >= 4 is 5.91 Å². The predicted molar refractivity (Wildman–Crippen MR) is 77.2 cm³/mol.